The van der Waals surface area contributed by atoms with Crippen LogP contribution in [0.5, 0.6) is 11.5 Å². The lowest BCUT2D eigenvalue weighted by atomic mass is 10.0. The van der Waals surface area contributed by atoms with Crippen LogP contribution >= 0.6 is 11.6 Å². The maximum absolute atomic E-state index is 13.3. The van der Waals surface area contributed by atoms with Crippen molar-refractivity contribution in [1.29, 1.82) is 5.26 Å². The number of nitrogens with zero attached hydrogens (tertiary/aromatic N) is 2. The highest BCUT2D eigenvalue weighted by Gasteiger charge is 2.38. The minimum atomic E-state index is -3.90. The zero-order chi connectivity index (χ0) is 19.6. The van der Waals surface area contributed by atoms with Crippen molar-refractivity contribution in [1.82, 2.24) is 4.31 Å². The second kappa shape index (κ2) is 7.77. The number of methoxy groups -OCH3 is 2. The Bertz CT molecular complexity index is 1000. The van der Waals surface area contributed by atoms with Gasteiger partial charge in [-0.25, -0.2) is 8.42 Å². The Labute approximate surface area is 163 Å². The number of benzene rings is 2. The molecule has 2 aromatic carbocycles. The Morgan fingerprint density at radius 1 is 1.19 bits per heavy atom. The molecule has 142 valence electrons. The van der Waals surface area contributed by atoms with E-state index in [9.17, 15) is 13.7 Å². The number of hydrogen-bond acceptors (Lipinski definition) is 5. The zero-order valence-electron chi connectivity index (χ0n) is 15.0. The number of rotatable bonds is 5. The molecule has 0 radical (unpaired) electrons. The van der Waals surface area contributed by atoms with Crippen molar-refractivity contribution < 1.29 is 17.9 Å². The third kappa shape index (κ3) is 3.61. The lowest BCUT2D eigenvalue weighted by molar-refractivity contribution is 0.361. The van der Waals surface area contributed by atoms with Gasteiger partial charge in [-0.05, 0) is 37.1 Å². The predicted octanol–water partition coefficient (Wildman–Crippen LogP) is 3.75. The molecular formula is C19H19ClN2O4S. The average Bonchev–Trinajstić information content (AvgIpc) is 3.17. The summed E-state index contributed by atoms with van der Waals surface area (Å²) in [6.45, 7) is 0.361. The average molecular weight is 407 g/mol. The van der Waals surface area contributed by atoms with Crippen LogP contribution in [-0.2, 0) is 10.0 Å². The van der Waals surface area contributed by atoms with Crippen molar-refractivity contribution in [3.05, 3.63) is 52.5 Å². The van der Waals surface area contributed by atoms with Gasteiger partial charge >= 0.3 is 0 Å². The maximum atomic E-state index is 13.3. The van der Waals surface area contributed by atoms with Gasteiger partial charge in [0.05, 0.1) is 25.8 Å². The molecule has 0 spiro atoms. The van der Waals surface area contributed by atoms with Gasteiger partial charge in [0.15, 0.2) is 0 Å². The zero-order valence-corrected chi connectivity index (χ0v) is 16.5. The van der Waals surface area contributed by atoms with Gasteiger partial charge < -0.3 is 9.47 Å². The van der Waals surface area contributed by atoms with Crippen LogP contribution in [0.15, 0.2) is 41.3 Å². The molecule has 1 fully saturated rings. The summed E-state index contributed by atoms with van der Waals surface area (Å²) in [5.74, 6) is 1.19. The van der Waals surface area contributed by atoms with E-state index >= 15 is 0 Å². The first-order valence-corrected chi connectivity index (χ1v) is 10.2. The van der Waals surface area contributed by atoms with Gasteiger partial charge in [-0.1, -0.05) is 17.7 Å². The highest BCUT2D eigenvalue weighted by molar-refractivity contribution is 7.89. The van der Waals surface area contributed by atoms with E-state index in [0.29, 0.717) is 30.9 Å². The third-order valence-electron chi connectivity index (χ3n) is 4.65. The summed E-state index contributed by atoms with van der Waals surface area (Å²) in [5, 5.41) is 9.60. The molecule has 0 aliphatic carbocycles. The van der Waals surface area contributed by atoms with Gasteiger partial charge in [-0.3, -0.25) is 0 Å². The van der Waals surface area contributed by atoms with Gasteiger partial charge in [-0.15, -0.1) is 0 Å². The Kier molecular flexibility index (Phi) is 5.61. The molecule has 3 rings (SSSR count). The topological polar surface area (TPSA) is 79.6 Å². The quantitative estimate of drug-likeness (QED) is 0.755. The van der Waals surface area contributed by atoms with Crippen LogP contribution in [0.2, 0.25) is 5.02 Å². The minimum absolute atomic E-state index is 0.0723. The molecule has 0 N–H and O–H groups in total. The lowest BCUT2D eigenvalue weighted by Gasteiger charge is -2.26. The summed E-state index contributed by atoms with van der Waals surface area (Å²) in [6.07, 6.45) is 1.37. The molecule has 1 aliphatic rings. The molecule has 27 heavy (non-hydrogen) atoms. The fraction of sp³-hybridized carbons (Fsp3) is 0.316. The van der Waals surface area contributed by atoms with E-state index in [1.165, 1.54) is 29.6 Å². The smallest absolute Gasteiger partial charge is 0.245 e. The molecule has 0 aromatic heterocycles. The Hall–Kier alpha value is -2.27. The van der Waals surface area contributed by atoms with Crippen molar-refractivity contribution in [2.24, 2.45) is 0 Å². The van der Waals surface area contributed by atoms with E-state index in [4.69, 9.17) is 21.1 Å². The number of hydrogen-bond donors (Lipinski definition) is 0. The summed E-state index contributed by atoms with van der Waals surface area (Å²) in [5.41, 5.74) is 0.839. The minimum Gasteiger partial charge on any atom is -0.497 e. The highest BCUT2D eigenvalue weighted by atomic mass is 35.5. The molecule has 8 heteroatoms. The van der Waals surface area contributed by atoms with Crippen LogP contribution in [0.1, 0.15) is 30.0 Å². The molecule has 1 saturated heterocycles. The van der Waals surface area contributed by atoms with E-state index in [2.05, 4.69) is 0 Å². The SMILES string of the molecule is COc1ccc(C2CCCN2S(=O)(=O)c2cc(Cl)ccc2C#N)c(OC)c1. The second-order valence-corrected chi connectivity index (χ2v) is 8.43. The first kappa shape index (κ1) is 19.5. The van der Waals surface area contributed by atoms with E-state index < -0.39 is 10.0 Å². The molecule has 0 amide bonds. The fourth-order valence-corrected chi connectivity index (χ4v) is 5.44. The Morgan fingerprint density at radius 2 is 1.96 bits per heavy atom. The fourth-order valence-electron chi connectivity index (χ4n) is 3.36. The molecular weight excluding hydrogens is 388 g/mol. The maximum Gasteiger partial charge on any atom is 0.245 e. The third-order valence-corrected chi connectivity index (χ3v) is 6.84. The van der Waals surface area contributed by atoms with Crippen molar-refractivity contribution >= 4 is 21.6 Å². The van der Waals surface area contributed by atoms with Crippen LogP contribution in [0.25, 0.3) is 0 Å². The summed E-state index contributed by atoms with van der Waals surface area (Å²) in [6, 6.07) is 11.1. The van der Waals surface area contributed by atoms with E-state index in [0.717, 1.165) is 5.56 Å². The monoisotopic (exact) mass is 406 g/mol. The van der Waals surface area contributed by atoms with Gasteiger partial charge in [0, 0.05) is 23.2 Å². The van der Waals surface area contributed by atoms with E-state index in [1.54, 1.807) is 19.2 Å². The van der Waals surface area contributed by atoms with Gasteiger partial charge in [0.25, 0.3) is 0 Å². The molecule has 1 unspecified atom stereocenters. The molecule has 1 atom stereocenters. The number of ether oxygens (including phenoxy) is 2. The van der Waals surface area contributed by atoms with Crippen LogP contribution in [0, 0.1) is 11.3 Å². The molecule has 0 saturated carbocycles. The number of nitriles is 1. The summed E-state index contributed by atoms with van der Waals surface area (Å²) in [4.78, 5) is -0.0723. The first-order chi connectivity index (χ1) is 12.9. The molecule has 2 aromatic rings. The first-order valence-electron chi connectivity index (χ1n) is 8.35. The second-order valence-electron chi connectivity index (χ2n) is 6.13. The highest BCUT2D eigenvalue weighted by Crippen LogP contribution is 2.42. The summed E-state index contributed by atoms with van der Waals surface area (Å²) in [7, 11) is -0.805. The number of halogens is 1. The molecule has 0 bridgehead atoms. The van der Waals surface area contributed by atoms with E-state index in [1.807, 2.05) is 12.1 Å². The molecule has 1 aliphatic heterocycles. The van der Waals surface area contributed by atoms with Crippen LogP contribution in [0.3, 0.4) is 0 Å². The Balaban J connectivity index is 2.07. The summed E-state index contributed by atoms with van der Waals surface area (Å²) >= 11 is 5.99. The van der Waals surface area contributed by atoms with E-state index in [-0.39, 0.29) is 21.5 Å². The van der Waals surface area contributed by atoms with Crippen LogP contribution < -0.4 is 9.47 Å². The molecule has 1 heterocycles. The van der Waals surface area contributed by atoms with Gasteiger partial charge in [0.1, 0.15) is 22.5 Å². The summed E-state index contributed by atoms with van der Waals surface area (Å²) < 4.78 is 38.7. The normalized spacial score (nSPS) is 17.5. The largest absolute Gasteiger partial charge is 0.497 e. The standard InChI is InChI=1S/C19H19ClN2O4S/c1-25-15-7-8-16(18(11-15)26-2)17-4-3-9-22(17)27(23,24)19-10-14(20)6-5-13(19)12-21/h5-8,10-11,17H,3-4,9H2,1-2H3. The predicted molar refractivity (Wildman–Crippen MR) is 102 cm³/mol. The van der Waals surface area contributed by atoms with Gasteiger partial charge in [0.2, 0.25) is 10.0 Å². The van der Waals surface area contributed by atoms with Crippen molar-refractivity contribution in [3.8, 4) is 17.6 Å². The lowest BCUT2D eigenvalue weighted by Crippen LogP contribution is -2.31. The van der Waals surface area contributed by atoms with Crippen molar-refractivity contribution in [2.45, 2.75) is 23.8 Å². The Morgan fingerprint density at radius 3 is 2.63 bits per heavy atom. The van der Waals surface area contributed by atoms with Gasteiger partial charge in [-0.2, -0.15) is 9.57 Å². The number of sulfonamides is 1. The van der Waals surface area contributed by atoms with Crippen molar-refractivity contribution in [3.63, 3.8) is 0 Å². The van der Waals surface area contributed by atoms with Crippen molar-refractivity contribution in [2.75, 3.05) is 20.8 Å². The van der Waals surface area contributed by atoms with Crippen LogP contribution in [-0.4, -0.2) is 33.5 Å². The molecule has 6 nitrogen and oxygen atoms in total. The van der Waals surface area contributed by atoms with Crippen LogP contribution in [0.4, 0.5) is 0 Å².